The second kappa shape index (κ2) is 5.88. The fraction of sp³-hybridized carbons (Fsp3) is 0.636. The highest BCUT2D eigenvalue weighted by atomic mass is 35.5. The van der Waals surface area contributed by atoms with Crippen molar-refractivity contribution in [3.05, 3.63) is 16.5 Å². The van der Waals surface area contributed by atoms with Gasteiger partial charge in [-0.25, -0.2) is 13.1 Å². The molecule has 1 aromatic rings. The third-order valence-corrected chi connectivity index (χ3v) is 6.51. The fourth-order valence-electron chi connectivity index (χ4n) is 2.22. The highest BCUT2D eigenvalue weighted by Gasteiger charge is 2.25. The van der Waals surface area contributed by atoms with Crippen LogP contribution in [0, 0.1) is 0 Å². The minimum absolute atomic E-state index is 0.0421. The summed E-state index contributed by atoms with van der Waals surface area (Å²) in [6.07, 6.45) is 3.78. The van der Waals surface area contributed by atoms with E-state index in [0.29, 0.717) is 14.6 Å². The molecular weight excluding hydrogens is 292 g/mol. The predicted molar refractivity (Wildman–Crippen MR) is 74.8 cm³/mol. The Morgan fingerprint density at radius 2 is 1.83 bits per heavy atom. The van der Waals surface area contributed by atoms with Crippen molar-refractivity contribution in [3.8, 4) is 0 Å². The van der Waals surface area contributed by atoms with Crippen LogP contribution in [0.25, 0.3) is 0 Å². The third-order valence-electron chi connectivity index (χ3n) is 3.27. The number of hydrogen-bond acceptors (Lipinski definition) is 4. The van der Waals surface area contributed by atoms with Crippen molar-refractivity contribution < 1.29 is 8.42 Å². The van der Waals surface area contributed by atoms with Crippen molar-refractivity contribution in [2.24, 2.45) is 0 Å². The van der Waals surface area contributed by atoms with Gasteiger partial charge in [0.05, 0.1) is 4.34 Å². The smallest absolute Gasteiger partial charge is 0.250 e. The van der Waals surface area contributed by atoms with Gasteiger partial charge in [-0.1, -0.05) is 11.6 Å². The van der Waals surface area contributed by atoms with Crippen molar-refractivity contribution in [2.45, 2.75) is 42.0 Å². The molecule has 0 bridgehead atoms. The van der Waals surface area contributed by atoms with Gasteiger partial charge in [0.1, 0.15) is 4.21 Å². The van der Waals surface area contributed by atoms with E-state index in [2.05, 4.69) is 10.0 Å². The number of hydrogen-bond donors (Lipinski definition) is 2. The van der Waals surface area contributed by atoms with Crippen LogP contribution in [-0.4, -0.2) is 27.5 Å². The van der Waals surface area contributed by atoms with Crippen molar-refractivity contribution >= 4 is 33.0 Å². The lowest BCUT2D eigenvalue weighted by Crippen LogP contribution is -2.41. The number of halogens is 1. The molecular formula is C11H17ClN2O2S2. The topological polar surface area (TPSA) is 58.2 Å². The van der Waals surface area contributed by atoms with E-state index in [0.717, 1.165) is 37.0 Å². The van der Waals surface area contributed by atoms with E-state index < -0.39 is 10.0 Å². The Morgan fingerprint density at radius 1 is 1.22 bits per heavy atom. The summed E-state index contributed by atoms with van der Waals surface area (Å²) in [6, 6.07) is 3.72. The molecule has 1 fully saturated rings. The largest absolute Gasteiger partial charge is 0.317 e. The molecule has 0 radical (unpaired) electrons. The molecule has 2 N–H and O–H groups in total. The Bertz CT molecular complexity index is 493. The van der Waals surface area contributed by atoms with Gasteiger partial charge in [-0.05, 0) is 44.9 Å². The molecule has 0 aromatic carbocycles. The normalized spacial score (nSPS) is 25.2. The van der Waals surface area contributed by atoms with Crippen molar-refractivity contribution in [2.75, 3.05) is 7.05 Å². The maximum absolute atomic E-state index is 12.1. The van der Waals surface area contributed by atoms with Crippen LogP contribution in [0.5, 0.6) is 0 Å². The maximum Gasteiger partial charge on any atom is 0.250 e. The Kier molecular flexibility index (Phi) is 4.66. The van der Waals surface area contributed by atoms with Crippen molar-refractivity contribution in [1.82, 2.24) is 10.0 Å². The summed E-state index contributed by atoms with van der Waals surface area (Å²) < 4.78 is 27.7. The molecule has 1 aromatic heterocycles. The first kappa shape index (κ1) is 14.3. The molecule has 1 aliphatic carbocycles. The van der Waals surface area contributed by atoms with E-state index >= 15 is 0 Å². The van der Waals surface area contributed by atoms with Crippen LogP contribution in [-0.2, 0) is 10.0 Å². The molecule has 0 unspecified atom stereocenters. The second-order valence-electron chi connectivity index (χ2n) is 4.52. The summed E-state index contributed by atoms with van der Waals surface area (Å²) in [7, 11) is -1.45. The number of nitrogens with one attached hydrogen (secondary N) is 2. The van der Waals surface area contributed by atoms with Gasteiger partial charge in [0.2, 0.25) is 10.0 Å². The zero-order valence-corrected chi connectivity index (χ0v) is 12.5. The molecule has 0 spiro atoms. The van der Waals surface area contributed by atoms with Gasteiger partial charge < -0.3 is 5.32 Å². The summed E-state index contributed by atoms with van der Waals surface area (Å²) in [5.74, 6) is 0. The lowest BCUT2D eigenvalue weighted by Gasteiger charge is -2.28. The molecule has 7 heteroatoms. The van der Waals surface area contributed by atoms with Gasteiger partial charge in [0.25, 0.3) is 0 Å². The van der Waals surface area contributed by atoms with Crippen LogP contribution in [0.1, 0.15) is 25.7 Å². The number of thiophene rings is 1. The molecule has 1 saturated carbocycles. The second-order valence-corrected chi connectivity index (χ2v) is 8.17. The highest BCUT2D eigenvalue weighted by Crippen LogP contribution is 2.27. The summed E-state index contributed by atoms with van der Waals surface area (Å²) in [4.78, 5) is 0. The molecule has 4 nitrogen and oxygen atoms in total. The summed E-state index contributed by atoms with van der Waals surface area (Å²) in [6.45, 7) is 0. The number of rotatable bonds is 4. The first-order chi connectivity index (χ1) is 8.51. The van der Waals surface area contributed by atoms with Crippen LogP contribution in [0.3, 0.4) is 0 Å². The van der Waals surface area contributed by atoms with Gasteiger partial charge in [-0.2, -0.15) is 0 Å². The maximum atomic E-state index is 12.1. The molecule has 2 rings (SSSR count). The van der Waals surface area contributed by atoms with Crippen molar-refractivity contribution in [1.29, 1.82) is 0 Å². The minimum atomic E-state index is -3.40. The molecule has 0 saturated heterocycles. The number of sulfonamides is 1. The van der Waals surface area contributed by atoms with Crippen LogP contribution in [0.2, 0.25) is 4.34 Å². The van der Waals surface area contributed by atoms with Crippen LogP contribution in [0.4, 0.5) is 0 Å². The lowest BCUT2D eigenvalue weighted by atomic mass is 9.92. The van der Waals surface area contributed by atoms with E-state index in [4.69, 9.17) is 11.6 Å². The Labute approximate surface area is 117 Å². The monoisotopic (exact) mass is 308 g/mol. The molecule has 18 heavy (non-hydrogen) atoms. The third kappa shape index (κ3) is 3.45. The van der Waals surface area contributed by atoms with Crippen molar-refractivity contribution in [3.63, 3.8) is 0 Å². The Balaban J connectivity index is 1.97. The average Bonchev–Trinajstić information content (AvgIpc) is 2.77. The Morgan fingerprint density at radius 3 is 2.33 bits per heavy atom. The quantitative estimate of drug-likeness (QED) is 0.896. The lowest BCUT2D eigenvalue weighted by molar-refractivity contribution is 0.343. The van der Waals surface area contributed by atoms with E-state index in [9.17, 15) is 8.42 Å². The first-order valence-corrected chi connectivity index (χ1v) is 8.64. The zero-order chi connectivity index (χ0) is 13.2. The average molecular weight is 309 g/mol. The van der Waals surface area contributed by atoms with Gasteiger partial charge in [0.15, 0.2) is 0 Å². The summed E-state index contributed by atoms with van der Waals surface area (Å²) >= 11 is 6.86. The van der Waals surface area contributed by atoms with Gasteiger partial charge in [-0.15, -0.1) is 11.3 Å². The molecule has 0 atom stereocenters. The van der Waals surface area contributed by atoms with Gasteiger partial charge >= 0.3 is 0 Å². The van der Waals surface area contributed by atoms with Crippen LogP contribution in [0.15, 0.2) is 16.3 Å². The van der Waals surface area contributed by atoms with Crippen LogP contribution >= 0.6 is 22.9 Å². The van der Waals surface area contributed by atoms with Gasteiger partial charge in [-0.3, -0.25) is 0 Å². The highest BCUT2D eigenvalue weighted by molar-refractivity contribution is 7.91. The first-order valence-electron chi connectivity index (χ1n) is 5.96. The van der Waals surface area contributed by atoms with Crippen LogP contribution < -0.4 is 10.0 Å². The molecule has 0 aliphatic heterocycles. The zero-order valence-electron chi connectivity index (χ0n) is 10.1. The van der Waals surface area contributed by atoms with E-state index in [-0.39, 0.29) is 6.04 Å². The van der Waals surface area contributed by atoms with E-state index in [1.807, 2.05) is 7.05 Å². The SMILES string of the molecule is CNC1CCC(NS(=O)(=O)c2ccc(Cl)s2)CC1. The summed E-state index contributed by atoms with van der Waals surface area (Å²) in [5.41, 5.74) is 0. The minimum Gasteiger partial charge on any atom is -0.317 e. The molecule has 102 valence electrons. The molecule has 1 aliphatic rings. The fourth-order valence-corrected chi connectivity index (χ4v) is 5.02. The molecule has 0 amide bonds. The Hall–Kier alpha value is -0.140. The van der Waals surface area contributed by atoms with E-state index in [1.165, 1.54) is 0 Å². The standard InChI is InChI=1S/C11H17ClN2O2S2/c1-13-8-2-4-9(5-3-8)14-18(15,16)11-7-6-10(12)17-11/h6-9,13-14H,2-5H2,1H3. The molecule has 1 heterocycles. The van der Waals surface area contributed by atoms with Gasteiger partial charge in [0, 0.05) is 12.1 Å². The summed E-state index contributed by atoms with van der Waals surface area (Å²) in [5, 5.41) is 3.23. The predicted octanol–water partition coefficient (Wildman–Crippen LogP) is 2.21. The van der Waals surface area contributed by atoms with E-state index in [1.54, 1.807) is 12.1 Å².